The van der Waals surface area contributed by atoms with Crippen molar-refractivity contribution in [1.82, 2.24) is 15.0 Å². The molecule has 0 fully saturated rings. The Bertz CT molecular complexity index is 482. The van der Waals surface area contributed by atoms with Crippen molar-refractivity contribution < 1.29 is 4.39 Å². The van der Waals surface area contributed by atoms with E-state index in [1.54, 1.807) is 12.3 Å². The first-order valence-electron chi connectivity index (χ1n) is 4.44. The average molecular weight is 258 g/mol. The van der Waals surface area contributed by atoms with Gasteiger partial charge in [0.25, 0.3) is 0 Å². The Labute approximate surface area is 101 Å². The first-order chi connectivity index (χ1) is 7.66. The highest BCUT2D eigenvalue weighted by molar-refractivity contribution is 6.33. The third-order valence-corrected chi connectivity index (χ3v) is 2.38. The van der Waals surface area contributed by atoms with E-state index in [2.05, 4.69) is 15.0 Å². The summed E-state index contributed by atoms with van der Waals surface area (Å²) >= 11 is 11.1. The van der Waals surface area contributed by atoms with Gasteiger partial charge < -0.3 is 0 Å². The van der Waals surface area contributed by atoms with Crippen LogP contribution in [0.4, 0.5) is 4.39 Å². The van der Waals surface area contributed by atoms with Crippen molar-refractivity contribution >= 4 is 23.2 Å². The molecule has 0 aliphatic carbocycles. The summed E-state index contributed by atoms with van der Waals surface area (Å²) in [5.74, 6) is -0.455. The second kappa shape index (κ2) is 4.72. The van der Waals surface area contributed by atoms with Gasteiger partial charge in [0.1, 0.15) is 5.82 Å². The van der Waals surface area contributed by atoms with E-state index < -0.39 is 5.82 Å². The zero-order chi connectivity index (χ0) is 11.5. The van der Waals surface area contributed by atoms with Gasteiger partial charge in [-0.3, -0.25) is 4.98 Å². The molecule has 0 N–H and O–H groups in total. The summed E-state index contributed by atoms with van der Waals surface area (Å²) in [5, 5.41) is -0.545. The summed E-state index contributed by atoms with van der Waals surface area (Å²) in [6, 6.07) is 5.46. The van der Waals surface area contributed by atoms with E-state index in [9.17, 15) is 4.39 Å². The molecular weight excluding hydrogens is 252 g/mol. The van der Waals surface area contributed by atoms with Crippen LogP contribution in [0.25, 0.3) is 0 Å². The Morgan fingerprint density at radius 2 is 1.81 bits per heavy atom. The molecule has 0 aliphatic rings. The molecule has 0 aliphatic heterocycles. The second-order valence-corrected chi connectivity index (χ2v) is 3.75. The number of aromatic nitrogens is 3. The molecule has 16 heavy (non-hydrogen) atoms. The van der Waals surface area contributed by atoms with Gasteiger partial charge in [-0.05, 0) is 12.1 Å². The van der Waals surface area contributed by atoms with Gasteiger partial charge in [0.05, 0.1) is 6.42 Å². The maximum atomic E-state index is 13.0. The van der Waals surface area contributed by atoms with E-state index in [0.717, 1.165) is 5.69 Å². The molecule has 2 aromatic heterocycles. The Morgan fingerprint density at radius 3 is 2.38 bits per heavy atom. The van der Waals surface area contributed by atoms with Crippen molar-refractivity contribution in [3.63, 3.8) is 0 Å². The predicted octanol–water partition coefficient (Wildman–Crippen LogP) is 2.91. The minimum absolute atomic E-state index is 0.272. The van der Waals surface area contributed by atoms with Crippen molar-refractivity contribution in [3.05, 3.63) is 52.0 Å². The Morgan fingerprint density at radius 1 is 1.12 bits per heavy atom. The van der Waals surface area contributed by atoms with Gasteiger partial charge in [0, 0.05) is 11.9 Å². The molecule has 0 aromatic carbocycles. The monoisotopic (exact) mass is 257 g/mol. The van der Waals surface area contributed by atoms with Gasteiger partial charge in [0.2, 0.25) is 0 Å². The van der Waals surface area contributed by atoms with Gasteiger partial charge in [-0.1, -0.05) is 29.3 Å². The molecule has 2 heterocycles. The summed E-state index contributed by atoms with van der Waals surface area (Å²) in [4.78, 5) is 11.7. The van der Waals surface area contributed by atoms with Crippen LogP contribution in [-0.2, 0) is 6.42 Å². The van der Waals surface area contributed by atoms with Gasteiger partial charge in [-0.2, -0.15) is 0 Å². The fourth-order valence-electron chi connectivity index (χ4n) is 1.18. The molecule has 0 spiro atoms. The Hall–Kier alpha value is -1.26. The standard InChI is InChI=1S/C10H6Cl2FN3/c11-9-8(13)10(12)16-7(15-9)5-6-3-1-2-4-14-6/h1-4H,5H2. The zero-order valence-corrected chi connectivity index (χ0v) is 9.50. The molecule has 0 saturated carbocycles. The first kappa shape index (κ1) is 11.2. The zero-order valence-electron chi connectivity index (χ0n) is 7.99. The third kappa shape index (κ3) is 2.46. The van der Waals surface area contributed by atoms with Crippen molar-refractivity contribution in [2.24, 2.45) is 0 Å². The summed E-state index contributed by atoms with van der Waals surface area (Å²) < 4.78 is 13.0. The van der Waals surface area contributed by atoms with Gasteiger partial charge in [-0.25, -0.2) is 14.4 Å². The Balaban J connectivity index is 2.29. The number of hydrogen-bond acceptors (Lipinski definition) is 3. The highest BCUT2D eigenvalue weighted by Gasteiger charge is 2.11. The maximum absolute atomic E-state index is 13.0. The number of hydrogen-bond donors (Lipinski definition) is 0. The van der Waals surface area contributed by atoms with E-state index in [1.165, 1.54) is 0 Å². The molecule has 0 radical (unpaired) electrons. The van der Waals surface area contributed by atoms with E-state index in [4.69, 9.17) is 23.2 Å². The number of nitrogens with zero attached hydrogens (tertiary/aromatic N) is 3. The summed E-state index contributed by atoms with van der Waals surface area (Å²) in [6.07, 6.45) is 2.02. The molecule has 2 aromatic rings. The van der Waals surface area contributed by atoms with Crippen LogP contribution < -0.4 is 0 Å². The molecule has 82 valence electrons. The third-order valence-electron chi connectivity index (χ3n) is 1.88. The van der Waals surface area contributed by atoms with Crippen LogP contribution in [0.1, 0.15) is 11.5 Å². The number of halogens is 3. The van der Waals surface area contributed by atoms with Crippen LogP contribution in [0.2, 0.25) is 10.3 Å². The van der Waals surface area contributed by atoms with Crippen molar-refractivity contribution in [1.29, 1.82) is 0 Å². The van der Waals surface area contributed by atoms with Crippen molar-refractivity contribution in [2.45, 2.75) is 6.42 Å². The molecule has 0 saturated heterocycles. The predicted molar refractivity (Wildman–Crippen MR) is 59.1 cm³/mol. The fraction of sp³-hybridized carbons (Fsp3) is 0.100. The minimum Gasteiger partial charge on any atom is -0.261 e. The summed E-state index contributed by atoms with van der Waals surface area (Å²) in [7, 11) is 0. The summed E-state index contributed by atoms with van der Waals surface area (Å²) in [6.45, 7) is 0. The minimum atomic E-state index is -0.798. The van der Waals surface area contributed by atoms with E-state index in [1.807, 2.05) is 12.1 Å². The maximum Gasteiger partial charge on any atom is 0.197 e. The molecule has 0 amide bonds. The van der Waals surface area contributed by atoms with Crippen molar-refractivity contribution in [2.75, 3.05) is 0 Å². The fourth-order valence-corrected chi connectivity index (χ4v) is 1.60. The van der Waals surface area contributed by atoms with Gasteiger partial charge in [-0.15, -0.1) is 0 Å². The second-order valence-electron chi connectivity index (χ2n) is 3.03. The van der Waals surface area contributed by atoms with Crippen LogP contribution in [0.3, 0.4) is 0 Å². The van der Waals surface area contributed by atoms with Crippen LogP contribution >= 0.6 is 23.2 Å². The van der Waals surface area contributed by atoms with Crippen LogP contribution in [0.5, 0.6) is 0 Å². The van der Waals surface area contributed by atoms with Gasteiger partial charge >= 0.3 is 0 Å². The topological polar surface area (TPSA) is 38.7 Å². The molecule has 2 rings (SSSR count). The quantitative estimate of drug-likeness (QED) is 0.777. The van der Waals surface area contributed by atoms with Crippen LogP contribution in [0.15, 0.2) is 24.4 Å². The molecule has 3 nitrogen and oxygen atoms in total. The van der Waals surface area contributed by atoms with Gasteiger partial charge in [0.15, 0.2) is 16.1 Å². The Kier molecular flexibility index (Phi) is 3.31. The molecule has 0 atom stereocenters. The van der Waals surface area contributed by atoms with Crippen molar-refractivity contribution in [3.8, 4) is 0 Å². The highest BCUT2D eigenvalue weighted by atomic mass is 35.5. The molecule has 6 heteroatoms. The number of rotatable bonds is 2. The lowest BCUT2D eigenvalue weighted by Crippen LogP contribution is -2.01. The lowest BCUT2D eigenvalue weighted by molar-refractivity contribution is 0.610. The van der Waals surface area contributed by atoms with Crippen LogP contribution in [0, 0.1) is 5.82 Å². The molecule has 0 bridgehead atoms. The van der Waals surface area contributed by atoms with E-state index in [-0.39, 0.29) is 10.3 Å². The largest absolute Gasteiger partial charge is 0.261 e. The van der Waals surface area contributed by atoms with E-state index in [0.29, 0.717) is 12.2 Å². The average Bonchev–Trinajstić information content (AvgIpc) is 2.27. The first-order valence-corrected chi connectivity index (χ1v) is 5.19. The number of pyridine rings is 1. The SMILES string of the molecule is Fc1c(Cl)nc(Cc2ccccn2)nc1Cl. The lowest BCUT2D eigenvalue weighted by atomic mass is 10.2. The summed E-state index contributed by atoms with van der Waals surface area (Å²) in [5.41, 5.74) is 0.765. The van der Waals surface area contributed by atoms with Crippen LogP contribution in [-0.4, -0.2) is 15.0 Å². The van der Waals surface area contributed by atoms with E-state index >= 15 is 0 Å². The molecular formula is C10H6Cl2FN3. The lowest BCUT2D eigenvalue weighted by Gasteiger charge is -2.02. The smallest absolute Gasteiger partial charge is 0.197 e. The highest BCUT2D eigenvalue weighted by Crippen LogP contribution is 2.19. The molecule has 0 unspecified atom stereocenters. The normalized spacial score (nSPS) is 10.4.